The van der Waals surface area contributed by atoms with Gasteiger partial charge in [-0.2, -0.15) is 0 Å². The second kappa shape index (κ2) is 9.10. The van der Waals surface area contributed by atoms with E-state index in [2.05, 4.69) is 5.32 Å². The fraction of sp³-hybridized carbons (Fsp3) is 1.00. The first-order valence-corrected chi connectivity index (χ1v) is 1.00. The molecule has 0 aliphatic rings. The van der Waals surface area contributed by atoms with Gasteiger partial charge in [0.05, 0.1) is 0 Å². The summed E-state index contributed by atoms with van der Waals surface area (Å²) in [7, 11) is 3.75. The van der Waals surface area contributed by atoms with E-state index in [9.17, 15) is 0 Å². The summed E-state index contributed by atoms with van der Waals surface area (Å²) < 4.78 is 0. The van der Waals surface area contributed by atoms with Gasteiger partial charge in [0.1, 0.15) is 0 Å². The van der Waals surface area contributed by atoms with Gasteiger partial charge < -0.3 is 5.32 Å². The van der Waals surface area contributed by atoms with Gasteiger partial charge in [0, 0.05) is 27.3 Å². The minimum absolute atomic E-state index is 0. The maximum Gasteiger partial charge on any atom is 0 e. The van der Waals surface area contributed by atoms with E-state index in [-0.39, 0.29) is 27.3 Å². The van der Waals surface area contributed by atoms with E-state index in [1.807, 2.05) is 14.1 Å². The standard InChI is InChI=1S/C2H7N.Pb/c1-3-2;/h3H,1-2H3;. The van der Waals surface area contributed by atoms with E-state index in [4.69, 9.17) is 0 Å². The predicted molar refractivity (Wildman–Crippen MR) is 20.7 cm³/mol. The molecule has 2 heteroatoms. The smallest absolute Gasteiger partial charge is 0 e. The van der Waals surface area contributed by atoms with Gasteiger partial charge in [-0.1, -0.05) is 0 Å². The predicted octanol–water partition coefficient (Wildman–Crippen LogP) is -0.545. The van der Waals surface area contributed by atoms with Gasteiger partial charge in [-0.15, -0.1) is 0 Å². The minimum Gasteiger partial charge on any atom is -0.323 e. The molecule has 0 unspecified atom stereocenters. The van der Waals surface area contributed by atoms with Gasteiger partial charge in [-0.3, -0.25) is 0 Å². The van der Waals surface area contributed by atoms with Crippen LogP contribution in [0.5, 0.6) is 0 Å². The van der Waals surface area contributed by atoms with Gasteiger partial charge in [0.25, 0.3) is 0 Å². The van der Waals surface area contributed by atoms with Crippen LogP contribution in [-0.2, 0) is 0 Å². The molecule has 0 saturated carbocycles. The van der Waals surface area contributed by atoms with E-state index in [0.717, 1.165) is 0 Å². The van der Waals surface area contributed by atoms with Gasteiger partial charge in [-0.25, -0.2) is 0 Å². The largest absolute Gasteiger partial charge is 0.323 e. The third-order valence-electron chi connectivity index (χ3n) is 0. The second-order valence-electron chi connectivity index (χ2n) is 0.500. The molecule has 4 radical (unpaired) electrons. The first-order valence-electron chi connectivity index (χ1n) is 1.00. The fourth-order valence-corrected chi connectivity index (χ4v) is 0. The first-order chi connectivity index (χ1) is 1.41. The van der Waals surface area contributed by atoms with Crippen LogP contribution in [0.1, 0.15) is 0 Å². The summed E-state index contributed by atoms with van der Waals surface area (Å²) in [4.78, 5) is 0. The van der Waals surface area contributed by atoms with Gasteiger partial charge in [-0.05, 0) is 14.1 Å². The van der Waals surface area contributed by atoms with Crippen molar-refractivity contribution < 1.29 is 0 Å². The normalized spacial score (nSPS) is 4.50. The van der Waals surface area contributed by atoms with Crippen LogP contribution in [0.3, 0.4) is 0 Å². The molecule has 0 rings (SSSR count). The molecular weight excluding hydrogens is 245 g/mol. The summed E-state index contributed by atoms with van der Waals surface area (Å²) in [6.07, 6.45) is 0. The third-order valence-corrected chi connectivity index (χ3v) is 0. The molecule has 0 spiro atoms. The molecule has 0 aliphatic heterocycles. The van der Waals surface area contributed by atoms with E-state index in [0.29, 0.717) is 0 Å². The molecule has 0 heterocycles. The summed E-state index contributed by atoms with van der Waals surface area (Å²) in [6, 6.07) is 0. The zero-order chi connectivity index (χ0) is 2.71. The maximum atomic E-state index is 2.75. The molecule has 0 saturated heterocycles. The molecule has 0 aromatic carbocycles. The van der Waals surface area contributed by atoms with E-state index in [1.54, 1.807) is 0 Å². The van der Waals surface area contributed by atoms with E-state index < -0.39 is 0 Å². The molecule has 0 atom stereocenters. The van der Waals surface area contributed by atoms with Gasteiger partial charge in [0.2, 0.25) is 0 Å². The van der Waals surface area contributed by atoms with Crippen LogP contribution in [0, 0.1) is 0 Å². The van der Waals surface area contributed by atoms with Crippen LogP contribution in [0.4, 0.5) is 0 Å². The maximum absolute atomic E-state index is 2.75. The molecule has 0 aromatic rings. The Bertz CT molecular complexity index is 6.00. The Morgan fingerprint density at radius 1 is 1.25 bits per heavy atom. The van der Waals surface area contributed by atoms with Gasteiger partial charge >= 0.3 is 0 Å². The van der Waals surface area contributed by atoms with Crippen LogP contribution < -0.4 is 5.32 Å². The molecule has 24 valence electrons. The summed E-state index contributed by atoms with van der Waals surface area (Å²) in [5.41, 5.74) is 0. The third kappa shape index (κ3) is 13.1. The molecule has 0 bridgehead atoms. The Kier molecular flexibility index (Phi) is 20.2. The average molecular weight is 252 g/mol. The molecule has 0 amide bonds. The SMILES string of the molecule is CNC.[Pb]. The van der Waals surface area contributed by atoms with Crippen LogP contribution in [0.25, 0.3) is 0 Å². The van der Waals surface area contributed by atoms with Crippen molar-refractivity contribution in [1.82, 2.24) is 5.32 Å². The van der Waals surface area contributed by atoms with E-state index in [1.165, 1.54) is 0 Å². The Morgan fingerprint density at radius 3 is 1.25 bits per heavy atom. The molecule has 0 aromatic heterocycles. The Morgan fingerprint density at radius 2 is 1.25 bits per heavy atom. The Balaban J connectivity index is 0. The number of hydrogen-bond donors (Lipinski definition) is 1. The summed E-state index contributed by atoms with van der Waals surface area (Å²) in [5.74, 6) is 0. The molecule has 0 aliphatic carbocycles. The van der Waals surface area contributed by atoms with Crippen molar-refractivity contribution in [2.45, 2.75) is 0 Å². The molecule has 1 N–H and O–H groups in total. The molecular formula is C2H7NPb. The van der Waals surface area contributed by atoms with Crippen LogP contribution in [0.15, 0.2) is 0 Å². The number of hydrogen-bond acceptors (Lipinski definition) is 1. The van der Waals surface area contributed by atoms with Crippen molar-refractivity contribution >= 4 is 27.3 Å². The summed E-state index contributed by atoms with van der Waals surface area (Å²) in [6.45, 7) is 0. The van der Waals surface area contributed by atoms with Crippen molar-refractivity contribution in [3.8, 4) is 0 Å². The van der Waals surface area contributed by atoms with E-state index >= 15 is 0 Å². The fourth-order valence-electron chi connectivity index (χ4n) is 0. The first kappa shape index (κ1) is 8.86. The zero-order valence-electron chi connectivity index (χ0n) is 3.00. The van der Waals surface area contributed by atoms with Crippen LogP contribution in [0.2, 0.25) is 0 Å². The van der Waals surface area contributed by atoms with Gasteiger partial charge in [0.15, 0.2) is 0 Å². The quantitative estimate of drug-likeness (QED) is 0.571. The van der Waals surface area contributed by atoms with Crippen molar-refractivity contribution in [3.05, 3.63) is 0 Å². The van der Waals surface area contributed by atoms with Crippen LogP contribution in [-0.4, -0.2) is 41.4 Å². The molecule has 4 heavy (non-hydrogen) atoms. The van der Waals surface area contributed by atoms with Crippen molar-refractivity contribution in [2.75, 3.05) is 14.1 Å². The zero-order valence-corrected chi connectivity index (χ0v) is 6.89. The van der Waals surface area contributed by atoms with Crippen molar-refractivity contribution in [3.63, 3.8) is 0 Å². The monoisotopic (exact) mass is 253 g/mol. The number of rotatable bonds is 0. The van der Waals surface area contributed by atoms with Crippen molar-refractivity contribution in [2.24, 2.45) is 0 Å². The average Bonchev–Trinajstić information content (AvgIpc) is 0.918. The molecule has 0 fully saturated rings. The summed E-state index contributed by atoms with van der Waals surface area (Å²) >= 11 is 0. The van der Waals surface area contributed by atoms with Crippen molar-refractivity contribution in [1.29, 1.82) is 0 Å². The van der Waals surface area contributed by atoms with Crippen LogP contribution >= 0.6 is 0 Å². The number of nitrogens with one attached hydrogen (secondary N) is 1. The second-order valence-corrected chi connectivity index (χ2v) is 0.500. The Hall–Kier alpha value is 0.882. The summed E-state index contributed by atoms with van der Waals surface area (Å²) in [5, 5.41) is 2.75. The minimum atomic E-state index is 0. The Labute approximate surface area is 46.9 Å². The molecule has 1 nitrogen and oxygen atoms in total. The topological polar surface area (TPSA) is 12.0 Å².